The van der Waals surface area contributed by atoms with Crippen LogP contribution in [0, 0.1) is 17.0 Å². The fraction of sp³-hybridized carbons (Fsp3) is 0.125. The highest BCUT2D eigenvalue weighted by molar-refractivity contribution is 6.03. The molecule has 118 valence electrons. The summed E-state index contributed by atoms with van der Waals surface area (Å²) < 4.78 is 0. The molecular formula is C16H15N3O4. The number of nitrogens with one attached hydrogen (secondary N) is 1. The fourth-order valence-corrected chi connectivity index (χ4v) is 2.05. The van der Waals surface area contributed by atoms with Crippen molar-refractivity contribution < 1.29 is 14.8 Å². The number of hydrogen-bond acceptors (Lipinski definition) is 5. The molecule has 2 aromatic carbocycles. The van der Waals surface area contributed by atoms with E-state index in [1.807, 2.05) is 6.07 Å². The topological polar surface area (TPSA) is 105 Å². The summed E-state index contributed by atoms with van der Waals surface area (Å²) in [6.07, 6.45) is 0. The molecule has 0 aliphatic carbocycles. The quantitative estimate of drug-likeness (QED) is 0.514. The SMILES string of the molecule is C/C(=N\NC(=O)c1ccccc1C)c1cccc([N+](=O)[O-])c1O. The molecule has 2 rings (SSSR count). The molecule has 0 spiro atoms. The van der Waals surface area contributed by atoms with Crippen molar-refractivity contribution in [2.24, 2.45) is 5.10 Å². The van der Waals surface area contributed by atoms with E-state index in [2.05, 4.69) is 10.5 Å². The number of carbonyl (C=O) groups excluding carboxylic acids is 1. The van der Waals surface area contributed by atoms with Crippen LogP contribution in [0.3, 0.4) is 0 Å². The maximum atomic E-state index is 12.1. The standard InChI is InChI=1S/C16H15N3O4/c1-10-6-3-4-7-12(10)16(21)18-17-11(2)13-8-5-9-14(15(13)20)19(22)23/h3-9,20H,1-2H3,(H,18,21)/b17-11+. The van der Waals surface area contributed by atoms with Gasteiger partial charge in [0.2, 0.25) is 5.75 Å². The molecule has 2 N–H and O–H groups in total. The van der Waals surface area contributed by atoms with Crippen LogP contribution in [0.15, 0.2) is 47.6 Å². The number of para-hydroxylation sites is 1. The average molecular weight is 313 g/mol. The number of benzene rings is 2. The van der Waals surface area contributed by atoms with Crippen molar-refractivity contribution in [2.45, 2.75) is 13.8 Å². The highest BCUT2D eigenvalue weighted by Crippen LogP contribution is 2.29. The van der Waals surface area contributed by atoms with Crippen LogP contribution in [0.5, 0.6) is 5.75 Å². The van der Waals surface area contributed by atoms with Crippen molar-refractivity contribution in [3.63, 3.8) is 0 Å². The van der Waals surface area contributed by atoms with E-state index in [1.54, 1.807) is 25.1 Å². The van der Waals surface area contributed by atoms with E-state index in [1.165, 1.54) is 25.1 Å². The van der Waals surface area contributed by atoms with Crippen LogP contribution >= 0.6 is 0 Å². The maximum Gasteiger partial charge on any atom is 0.311 e. The second kappa shape index (κ2) is 6.69. The Kier molecular flexibility index (Phi) is 4.70. The van der Waals surface area contributed by atoms with Gasteiger partial charge in [-0.25, -0.2) is 5.43 Å². The van der Waals surface area contributed by atoms with Crippen LogP contribution in [0.4, 0.5) is 5.69 Å². The maximum absolute atomic E-state index is 12.1. The molecule has 0 aromatic heterocycles. The van der Waals surface area contributed by atoms with E-state index in [0.717, 1.165) is 5.56 Å². The van der Waals surface area contributed by atoms with Gasteiger partial charge in [0.15, 0.2) is 0 Å². The highest BCUT2D eigenvalue weighted by atomic mass is 16.6. The number of phenols is 1. The number of rotatable bonds is 4. The number of nitrogens with zero attached hydrogens (tertiary/aromatic N) is 2. The van der Waals surface area contributed by atoms with Crippen molar-refractivity contribution in [3.8, 4) is 5.75 Å². The summed E-state index contributed by atoms with van der Waals surface area (Å²) in [5.41, 5.74) is 3.69. The van der Waals surface area contributed by atoms with Gasteiger partial charge < -0.3 is 5.11 Å². The summed E-state index contributed by atoms with van der Waals surface area (Å²) in [7, 11) is 0. The molecule has 2 aromatic rings. The van der Waals surface area contributed by atoms with Gasteiger partial charge in [-0.3, -0.25) is 14.9 Å². The third-order valence-corrected chi connectivity index (χ3v) is 3.32. The smallest absolute Gasteiger partial charge is 0.311 e. The van der Waals surface area contributed by atoms with E-state index >= 15 is 0 Å². The lowest BCUT2D eigenvalue weighted by molar-refractivity contribution is -0.385. The molecule has 0 bridgehead atoms. The average Bonchev–Trinajstić information content (AvgIpc) is 2.52. The predicted molar refractivity (Wildman–Crippen MR) is 85.6 cm³/mol. The first kappa shape index (κ1) is 16.2. The molecule has 0 fully saturated rings. The molecule has 0 heterocycles. The Bertz CT molecular complexity index is 800. The van der Waals surface area contributed by atoms with E-state index < -0.39 is 22.3 Å². The largest absolute Gasteiger partial charge is 0.502 e. The zero-order valence-corrected chi connectivity index (χ0v) is 12.6. The van der Waals surface area contributed by atoms with Gasteiger partial charge in [0, 0.05) is 17.2 Å². The zero-order valence-electron chi connectivity index (χ0n) is 12.6. The van der Waals surface area contributed by atoms with Gasteiger partial charge in [0.25, 0.3) is 5.91 Å². The molecule has 0 unspecified atom stereocenters. The minimum Gasteiger partial charge on any atom is -0.502 e. The number of carbonyl (C=O) groups is 1. The van der Waals surface area contributed by atoms with Crippen LogP contribution in [0.25, 0.3) is 0 Å². The summed E-state index contributed by atoms with van der Waals surface area (Å²) in [4.78, 5) is 22.2. The van der Waals surface area contributed by atoms with Crippen molar-refractivity contribution in [1.29, 1.82) is 0 Å². The second-order valence-electron chi connectivity index (χ2n) is 4.88. The zero-order chi connectivity index (χ0) is 17.0. The Morgan fingerprint density at radius 1 is 1.17 bits per heavy atom. The molecule has 1 amide bonds. The van der Waals surface area contributed by atoms with Crippen molar-refractivity contribution >= 4 is 17.3 Å². The predicted octanol–water partition coefficient (Wildman–Crippen LogP) is 2.76. The molecule has 0 saturated heterocycles. The number of aryl methyl sites for hydroxylation is 1. The van der Waals surface area contributed by atoms with Crippen LogP contribution in [0.1, 0.15) is 28.4 Å². The number of phenolic OH excluding ortho intramolecular Hbond substituents is 1. The van der Waals surface area contributed by atoms with Crippen LogP contribution in [-0.2, 0) is 0 Å². The lowest BCUT2D eigenvalue weighted by Gasteiger charge is -2.06. The molecular weight excluding hydrogens is 298 g/mol. The van der Waals surface area contributed by atoms with Gasteiger partial charge in [-0.05, 0) is 31.5 Å². The molecule has 7 heteroatoms. The summed E-state index contributed by atoms with van der Waals surface area (Å²) in [6.45, 7) is 3.34. The normalized spacial score (nSPS) is 11.1. The first-order valence-corrected chi connectivity index (χ1v) is 6.79. The Morgan fingerprint density at radius 3 is 2.48 bits per heavy atom. The van der Waals surface area contributed by atoms with E-state index in [9.17, 15) is 20.0 Å². The number of hydrazone groups is 1. The molecule has 0 aliphatic rings. The summed E-state index contributed by atoms with van der Waals surface area (Å²) in [6, 6.07) is 11.2. The molecule has 0 atom stereocenters. The number of amides is 1. The number of aromatic hydroxyl groups is 1. The number of nitro benzene ring substituents is 1. The van der Waals surface area contributed by atoms with Crippen LogP contribution in [-0.4, -0.2) is 21.6 Å². The highest BCUT2D eigenvalue weighted by Gasteiger charge is 2.18. The van der Waals surface area contributed by atoms with Gasteiger partial charge in [0.05, 0.1) is 10.6 Å². The van der Waals surface area contributed by atoms with Gasteiger partial charge in [-0.15, -0.1) is 0 Å². The lowest BCUT2D eigenvalue weighted by atomic mass is 10.1. The minimum absolute atomic E-state index is 0.185. The first-order chi connectivity index (χ1) is 10.9. The van der Waals surface area contributed by atoms with Gasteiger partial charge in [-0.1, -0.05) is 24.3 Å². The van der Waals surface area contributed by atoms with E-state index in [4.69, 9.17) is 0 Å². The molecule has 23 heavy (non-hydrogen) atoms. The Labute approximate surface area is 132 Å². The Morgan fingerprint density at radius 2 is 1.83 bits per heavy atom. The van der Waals surface area contributed by atoms with E-state index in [-0.39, 0.29) is 11.3 Å². The third-order valence-electron chi connectivity index (χ3n) is 3.32. The van der Waals surface area contributed by atoms with Gasteiger partial charge in [-0.2, -0.15) is 5.10 Å². The third kappa shape index (κ3) is 3.52. The van der Waals surface area contributed by atoms with Crippen molar-refractivity contribution in [2.75, 3.05) is 0 Å². The van der Waals surface area contributed by atoms with E-state index in [0.29, 0.717) is 5.56 Å². The van der Waals surface area contributed by atoms with Crippen molar-refractivity contribution in [3.05, 3.63) is 69.3 Å². The monoisotopic (exact) mass is 313 g/mol. The summed E-state index contributed by atoms with van der Waals surface area (Å²) >= 11 is 0. The molecule has 7 nitrogen and oxygen atoms in total. The summed E-state index contributed by atoms with van der Waals surface area (Å²) in [5.74, 6) is -0.878. The second-order valence-corrected chi connectivity index (χ2v) is 4.88. The molecule has 0 aliphatic heterocycles. The van der Waals surface area contributed by atoms with Gasteiger partial charge in [0.1, 0.15) is 0 Å². The van der Waals surface area contributed by atoms with Crippen molar-refractivity contribution in [1.82, 2.24) is 5.43 Å². The number of hydrogen-bond donors (Lipinski definition) is 2. The minimum atomic E-state index is -0.683. The fourth-order valence-electron chi connectivity index (χ4n) is 2.05. The molecule has 0 saturated carbocycles. The number of nitro groups is 1. The van der Waals surface area contributed by atoms with Gasteiger partial charge >= 0.3 is 5.69 Å². The Hall–Kier alpha value is -3.22. The van der Waals surface area contributed by atoms with Crippen LogP contribution in [0.2, 0.25) is 0 Å². The lowest BCUT2D eigenvalue weighted by Crippen LogP contribution is -2.20. The first-order valence-electron chi connectivity index (χ1n) is 6.79. The van der Waals surface area contributed by atoms with Crippen LogP contribution < -0.4 is 5.43 Å². The Balaban J connectivity index is 2.24. The summed E-state index contributed by atoms with van der Waals surface area (Å²) in [5, 5.41) is 24.6. The molecule has 0 radical (unpaired) electrons.